The third-order valence-corrected chi connectivity index (χ3v) is 3.07. The molecule has 0 aliphatic carbocycles. The van der Waals surface area contributed by atoms with Crippen LogP contribution in [0.2, 0.25) is 0 Å². The highest BCUT2D eigenvalue weighted by Gasteiger charge is 2.03. The monoisotopic (exact) mass is 249 g/mol. The lowest BCUT2D eigenvalue weighted by Crippen LogP contribution is -2.26. The lowest BCUT2D eigenvalue weighted by molar-refractivity contribution is 0.262. The summed E-state index contributed by atoms with van der Waals surface area (Å²) in [5, 5.41) is 16.9. The van der Waals surface area contributed by atoms with Crippen LogP contribution in [0.5, 0.6) is 0 Å². The molecule has 3 nitrogen and oxygen atoms in total. The van der Waals surface area contributed by atoms with E-state index in [0.29, 0.717) is 12.8 Å². The van der Waals surface area contributed by atoms with Crippen LogP contribution in [-0.4, -0.2) is 24.5 Å². The highest BCUT2D eigenvalue weighted by atomic mass is 15.1. The van der Waals surface area contributed by atoms with Crippen molar-refractivity contribution < 1.29 is 0 Å². The molecule has 0 amide bonds. The Morgan fingerprint density at radius 3 is 1.61 bits per heavy atom. The first-order chi connectivity index (χ1) is 8.85. The zero-order valence-corrected chi connectivity index (χ0v) is 11.8. The summed E-state index contributed by atoms with van der Waals surface area (Å²) in [6, 6.07) is 4.39. The predicted octanol–water partition coefficient (Wildman–Crippen LogP) is 3.87. The zero-order chi connectivity index (χ0) is 13.5. The summed E-state index contributed by atoms with van der Waals surface area (Å²) in [6.45, 7) is 5.73. The summed E-state index contributed by atoms with van der Waals surface area (Å²) < 4.78 is 0. The molecule has 0 saturated heterocycles. The molecule has 0 unspecified atom stereocenters. The molecule has 0 fully saturated rings. The number of nitriles is 2. The van der Waals surface area contributed by atoms with Crippen molar-refractivity contribution in [1.29, 1.82) is 10.5 Å². The summed E-state index contributed by atoms with van der Waals surface area (Å²) in [4.78, 5) is 2.53. The largest absolute Gasteiger partial charge is 0.303 e. The van der Waals surface area contributed by atoms with Crippen LogP contribution in [0.4, 0.5) is 0 Å². The normalized spacial score (nSPS) is 10.2. The van der Waals surface area contributed by atoms with Gasteiger partial charge < -0.3 is 4.90 Å². The number of rotatable bonds is 12. The molecule has 102 valence electrons. The highest BCUT2D eigenvalue weighted by Crippen LogP contribution is 2.05. The Kier molecular flexibility index (Phi) is 13.2. The molecule has 0 aliphatic heterocycles. The maximum absolute atomic E-state index is 8.46. The lowest BCUT2D eigenvalue weighted by atomic mass is 10.1. The van der Waals surface area contributed by atoms with E-state index in [0.717, 1.165) is 25.9 Å². The standard InChI is InChI=1S/C15H27N3/c1-2-13-18(14-9-5-3-7-11-16)15-10-6-4-8-12-17/h2-10,13-15H2,1H3. The van der Waals surface area contributed by atoms with Crippen LogP contribution in [0.3, 0.4) is 0 Å². The van der Waals surface area contributed by atoms with Crippen LogP contribution in [0.25, 0.3) is 0 Å². The molecule has 0 saturated carbocycles. The van der Waals surface area contributed by atoms with Crippen LogP contribution >= 0.6 is 0 Å². The van der Waals surface area contributed by atoms with Crippen molar-refractivity contribution in [1.82, 2.24) is 4.90 Å². The molecular weight excluding hydrogens is 222 g/mol. The van der Waals surface area contributed by atoms with E-state index in [1.165, 1.54) is 38.6 Å². The van der Waals surface area contributed by atoms with E-state index in [1.54, 1.807) is 0 Å². The number of hydrogen-bond acceptors (Lipinski definition) is 3. The summed E-state index contributed by atoms with van der Waals surface area (Å²) >= 11 is 0. The minimum Gasteiger partial charge on any atom is -0.303 e. The molecule has 0 rings (SSSR count). The molecule has 3 heteroatoms. The fraction of sp³-hybridized carbons (Fsp3) is 0.867. The van der Waals surface area contributed by atoms with Crippen molar-refractivity contribution in [2.45, 2.75) is 64.7 Å². The maximum Gasteiger partial charge on any atom is 0.0621 e. The Hall–Kier alpha value is -1.06. The van der Waals surface area contributed by atoms with Gasteiger partial charge in [-0.25, -0.2) is 0 Å². The average molecular weight is 249 g/mol. The predicted molar refractivity (Wildman–Crippen MR) is 74.9 cm³/mol. The van der Waals surface area contributed by atoms with E-state index in [9.17, 15) is 0 Å². The van der Waals surface area contributed by atoms with Gasteiger partial charge in [0.2, 0.25) is 0 Å². The van der Waals surface area contributed by atoms with Crippen molar-refractivity contribution in [3.63, 3.8) is 0 Å². The number of nitrogens with zero attached hydrogens (tertiary/aromatic N) is 3. The zero-order valence-electron chi connectivity index (χ0n) is 11.8. The van der Waals surface area contributed by atoms with Gasteiger partial charge in [0, 0.05) is 12.8 Å². The minimum atomic E-state index is 0.696. The van der Waals surface area contributed by atoms with Crippen LogP contribution in [0.15, 0.2) is 0 Å². The van der Waals surface area contributed by atoms with Gasteiger partial charge in [0.1, 0.15) is 0 Å². The first-order valence-electron chi connectivity index (χ1n) is 7.31. The number of hydrogen-bond donors (Lipinski definition) is 0. The molecule has 0 aromatic carbocycles. The second-order valence-corrected chi connectivity index (χ2v) is 4.78. The quantitative estimate of drug-likeness (QED) is 0.493. The topological polar surface area (TPSA) is 50.8 Å². The van der Waals surface area contributed by atoms with Gasteiger partial charge in [-0.2, -0.15) is 10.5 Å². The molecule has 0 heterocycles. The Morgan fingerprint density at radius 1 is 0.722 bits per heavy atom. The first-order valence-corrected chi connectivity index (χ1v) is 7.31. The van der Waals surface area contributed by atoms with E-state index < -0.39 is 0 Å². The second-order valence-electron chi connectivity index (χ2n) is 4.78. The van der Waals surface area contributed by atoms with Crippen molar-refractivity contribution in [3.05, 3.63) is 0 Å². The average Bonchev–Trinajstić information content (AvgIpc) is 2.38. The Morgan fingerprint density at radius 2 is 1.22 bits per heavy atom. The van der Waals surface area contributed by atoms with Gasteiger partial charge in [0.15, 0.2) is 0 Å². The third-order valence-electron chi connectivity index (χ3n) is 3.07. The molecule has 0 aromatic heterocycles. The van der Waals surface area contributed by atoms with E-state index in [-0.39, 0.29) is 0 Å². The van der Waals surface area contributed by atoms with Crippen molar-refractivity contribution in [3.8, 4) is 12.1 Å². The number of unbranched alkanes of at least 4 members (excludes halogenated alkanes) is 6. The fourth-order valence-corrected chi connectivity index (χ4v) is 2.08. The Balaban J connectivity index is 3.53. The highest BCUT2D eigenvalue weighted by molar-refractivity contribution is 4.69. The van der Waals surface area contributed by atoms with Crippen LogP contribution in [-0.2, 0) is 0 Å². The van der Waals surface area contributed by atoms with Gasteiger partial charge in [-0.15, -0.1) is 0 Å². The first kappa shape index (κ1) is 16.9. The second kappa shape index (κ2) is 14.0. The smallest absolute Gasteiger partial charge is 0.0621 e. The molecule has 0 atom stereocenters. The van der Waals surface area contributed by atoms with Crippen LogP contribution in [0, 0.1) is 22.7 Å². The van der Waals surface area contributed by atoms with Crippen molar-refractivity contribution in [2.75, 3.05) is 19.6 Å². The third kappa shape index (κ3) is 11.4. The minimum absolute atomic E-state index is 0.696. The van der Waals surface area contributed by atoms with Gasteiger partial charge in [0.05, 0.1) is 12.1 Å². The van der Waals surface area contributed by atoms with E-state index >= 15 is 0 Å². The maximum atomic E-state index is 8.46. The molecule has 0 radical (unpaired) electrons. The molecule has 0 N–H and O–H groups in total. The fourth-order valence-electron chi connectivity index (χ4n) is 2.08. The Bertz CT molecular complexity index is 225. The molecule has 0 aromatic rings. The van der Waals surface area contributed by atoms with Crippen molar-refractivity contribution in [2.24, 2.45) is 0 Å². The van der Waals surface area contributed by atoms with Gasteiger partial charge in [-0.05, 0) is 51.7 Å². The van der Waals surface area contributed by atoms with Gasteiger partial charge in [0.25, 0.3) is 0 Å². The summed E-state index contributed by atoms with van der Waals surface area (Å²) in [5.74, 6) is 0. The summed E-state index contributed by atoms with van der Waals surface area (Å²) in [7, 11) is 0. The van der Waals surface area contributed by atoms with Crippen LogP contribution in [0.1, 0.15) is 64.7 Å². The van der Waals surface area contributed by atoms with Crippen molar-refractivity contribution >= 4 is 0 Å². The lowest BCUT2D eigenvalue weighted by Gasteiger charge is -2.21. The van der Waals surface area contributed by atoms with E-state index in [4.69, 9.17) is 10.5 Å². The van der Waals surface area contributed by atoms with Gasteiger partial charge >= 0.3 is 0 Å². The SMILES string of the molecule is CCCN(CCCCCC#N)CCCCCC#N. The Labute approximate surface area is 112 Å². The summed E-state index contributed by atoms with van der Waals surface area (Å²) in [5.41, 5.74) is 0. The summed E-state index contributed by atoms with van der Waals surface area (Å²) in [6.07, 6.45) is 9.43. The molecule has 0 spiro atoms. The van der Waals surface area contributed by atoms with E-state index in [2.05, 4.69) is 24.0 Å². The van der Waals surface area contributed by atoms with Gasteiger partial charge in [-0.3, -0.25) is 0 Å². The molecule has 0 bridgehead atoms. The molecule has 0 aliphatic rings. The molecular formula is C15H27N3. The van der Waals surface area contributed by atoms with Gasteiger partial charge in [-0.1, -0.05) is 19.8 Å². The molecule has 18 heavy (non-hydrogen) atoms. The van der Waals surface area contributed by atoms with E-state index in [1.807, 2.05) is 0 Å². The van der Waals surface area contributed by atoms with Crippen LogP contribution < -0.4 is 0 Å².